The number of hydrogen-bond acceptors (Lipinski definition) is 2. The van der Waals surface area contributed by atoms with Crippen LogP contribution in [-0.4, -0.2) is 14.1 Å². The van der Waals surface area contributed by atoms with E-state index in [9.17, 15) is 31.6 Å². The molecule has 3 heterocycles. The van der Waals surface area contributed by atoms with Gasteiger partial charge >= 0.3 is 12.4 Å². The van der Waals surface area contributed by atoms with Crippen LogP contribution in [0.3, 0.4) is 0 Å². The molecule has 0 N–H and O–H groups in total. The second-order valence-corrected chi connectivity index (χ2v) is 11.4. The van der Waals surface area contributed by atoms with Gasteiger partial charge in [0.25, 0.3) is 0 Å². The fourth-order valence-electron chi connectivity index (χ4n) is 6.62. The number of halogens is 6. The van der Waals surface area contributed by atoms with Crippen LogP contribution >= 0.6 is 0 Å². The first-order valence-corrected chi connectivity index (χ1v) is 14.7. The van der Waals surface area contributed by atoms with Gasteiger partial charge in [-0.1, -0.05) is 36.4 Å². The summed E-state index contributed by atoms with van der Waals surface area (Å²) in [7, 11) is 0. The van der Waals surface area contributed by atoms with Crippen molar-refractivity contribution in [3.05, 3.63) is 138 Å². The highest BCUT2D eigenvalue weighted by Gasteiger charge is 2.32. The molecule has 0 aliphatic heterocycles. The number of alkyl halides is 6. The third-order valence-corrected chi connectivity index (χ3v) is 8.71. The quantitative estimate of drug-likeness (QED) is 0.179. The standard InChI is InChI=1S/C38H20F6N4/c39-37(40,41)24-9-11-33-29(18-24)26-5-1-3-7-31(26)47(33)35-20-28(22-13-15-46-16-14-22)36(17-23(35)21-45)48-32-8-4-2-6-27(32)30-19-25(38(42,43)44)10-12-34(30)48/h1-20H. The van der Waals surface area contributed by atoms with Crippen LogP contribution in [0.2, 0.25) is 0 Å². The Morgan fingerprint density at radius 2 is 1.00 bits per heavy atom. The van der Waals surface area contributed by atoms with Crippen molar-refractivity contribution in [3.63, 3.8) is 0 Å². The van der Waals surface area contributed by atoms with Crippen molar-refractivity contribution in [2.75, 3.05) is 0 Å². The first-order valence-electron chi connectivity index (χ1n) is 14.7. The molecule has 0 unspecified atom stereocenters. The van der Waals surface area contributed by atoms with E-state index >= 15 is 0 Å². The molecular weight excluding hydrogens is 626 g/mol. The Hall–Kier alpha value is -6.08. The van der Waals surface area contributed by atoms with Crippen LogP contribution in [0.5, 0.6) is 0 Å². The zero-order valence-electron chi connectivity index (χ0n) is 24.6. The van der Waals surface area contributed by atoms with Crippen molar-refractivity contribution in [3.8, 4) is 28.6 Å². The SMILES string of the molecule is N#Cc1cc(-n2c3ccccc3c3cc(C(F)(F)F)ccc32)c(-c2ccncc2)cc1-n1c2ccccc2c2cc(C(F)(F)F)ccc21. The molecule has 0 amide bonds. The summed E-state index contributed by atoms with van der Waals surface area (Å²) in [6, 6.07) is 30.6. The van der Waals surface area contributed by atoms with Crippen LogP contribution in [0.4, 0.5) is 26.3 Å². The Morgan fingerprint density at radius 3 is 1.50 bits per heavy atom. The van der Waals surface area contributed by atoms with Gasteiger partial charge in [0.15, 0.2) is 0 Å². The van der Waals surface area contributed by atoms with Crippen molar-refractivity contribution in [1.82, 2.24) is 14.1 Å². The number of pyridine rings is 1. The van der Waals surface area contributed by atoms with E-state index in [-0.39, 0.29) is 5.56 Å². The summed E-state index contributed by atoms with van der Waals surface area (Å²) in [6.07, 6.45) is -5.87. The average molecular weight is 647 g/mol. The van der Waals surface area contributed by atoms with E-state index < -0.39 is 23.5 Å². The Morgan fingerprint density at radius 1 is 0.521 bits per heavy atom. The van der Waals surface area contributed by atoms with Gasteiger partial charge in [-0.3, -0.25) is 4.98 Å². The van der Waals surface area contributed by atoms with Crippen LogP contribution < -0.4 is 0 Å². The Labute approximate surface area is 268 Å². The molecule has 8 rings (SSSR count). The number of nitrogens with zero attached hydrogens (tertiary/aromatic N) is 4. The topological polar surface area (TPSA) is 46.5 Å². The van der Waals surface area contributed by atoms with E-state index in [4.69, 9.17) is 0 Å². The first kappa shape index (κ1) is 29.3. The highest BCUT2D eigenvalue weighted by Crippen LogP contribution is 2.42. The third kappa shape index (κ3) is 4.50. The fourth-order valence-corrected chi connectivity index (χ4v) is 6.62. The molecule has 0 saturated heterocycles. The lowest BCUT2D eigenvalue weighted by atomic mass is 10.00. The Bertz CT molecular complexity index is 2600. The summed E-state index contributed by atoms with van der Waals surface area (Å²) in [6.45, 7) is 0. The highest BCUT2D eigenvalue weighted by molar-refractivity contribution is 6.11. The van der Waals surface area contributed by atoms with Gasteiger partial charge in [-0.25, -0.2) is 0 Å². The molecule has 0 saturated carbocycles. The first-order chi connectivity index (χ1) is 23.0. The van der Waals surface area contributed by atoms with Gasteiger partial charge in [-0.2, -0.15) is 31.6 Å². The van der Waals surface area contributed by atoms with Gasteiger partial charge in [-0.15, -0.1) is 0 Å². The third-order valence-electron chi connectivity index (χ3n) is 8.71. The normalized spacial score (nSPS) is 12.4. The lowest BCUT2D eigenvalue weighted by molar-refractivity contribution is -0.138. The van der Waals surface area contributed by atoms with E-state index in [0.717, 1.165) is 24.3 Å². The van der Waals surface area contributed by atoms with E-state index in [1.807, 2.05) is 10.6 Å². The summed E-state index contributed by atoms with van der Waals surface area (Å²) in [5.74, 6) is 0. The highest BCUT2D eigenvalue weighted by atomic mass is 19.4. The van der Waals surface area contributed by atoms with Gasteiger partial charge < -0.3 is 9.13 Å². The second kappa shape index (κ2) is 10.5. The largest absolute Gasteiger partial charge is 0.416 e. The number of para-hydroxylation sites is 2. The molecule has 5 aromatic carbocycles. The number of aromatic nitrogens is 3. The second-order valence-electron chi connectivity index (χ2n) is 11.4. The van der Waals surface area contributed by atoms with Crippen molar-refractivity contribution >= 4 is 43.6 Å². The molecule has 0 spiro atoms. The molecule has 0 aliphatic rings. The number of benzene rings is 5. The van der Waals surface area contributed by atoms with E-state index in [1.54, 1.807) is 83.7 Å². The molecule has 0 bridgehead atoms. The smallest absolute Gasteiger partial charge is 0.309 e. The molecule has 4 nitrogen and oxygen atoms in total. The zero-order valence-corrected chi connectivity index (χ0v) is 24.6. The Balaban J connectivity index is 1.48. The van der Waals surface area contributed by atoms with Gasteiger partial charge in [0, 0.05) is 39.5 Å². The summed E-state index contributed by atoms with van der Waals surface area (Å²) in [4.78, 5) is 4.15. The summed E-state index contributed by atoms with van der Waals surface area (Å²) in [5.41, 5.74) is 3.18. The van der Waals surface area contributed by atoms with E-state index in [1.165, 1.54) is 12.1 Å². The van der Waals surface area contributed by atoms with E-state index in [0.29, 0.717) is 66.1 Å². The van der Waals surface area contributed by atoms with Gasteiger partial charge in [0.05, 0.1) is 50.1 Å². The molecule has 0 fully saturated rings. The molecular formula is C38H20F6N4. The minimum absolute atomic E-state index is 0.211. The predicted octanol–water partition coefficient (Wildman–Crippen LogP) is 10.9. The number of nitriles is 1. The van der Waals surface area contributed by atoms with Gasteiger partial charge in [-0.05, 0) is 78.4 Å². The van der Waals surface area contributed by atoms with Crippen molar-refractivity contribution in [1.29, 1.82) is 5.26 Å². The summed E-state index contributed by atoms with van der Waals surface area (Å²) < 4.78 is 86.4. The van der Waals surface area contributed by atoms with Crippen LogP contribution in [0.15, 0.2) is 122 Å². The molecule has 48 heavy (non-hydrogen) atoms. The maximum Gasteiger partial charge on any atom is 0.416 e. The van der Waals surface area contributed by atoms with Gasteiger partial charge in [0.2, 0.25) is 0 Å². The maximum atomic E-state index is 13.8. The average Bonchev–Trinajstić information content (AvgIpc) is 3.59. The van der Waals surface area contributed by atoms with Crippen LogP contribution in [-0.2, 0) is 12.4 Å². The molecule has 234 valence electrons. The molecule has 0 atom stereocenters. The summed E-state index contributed by atoms with van der Waals surface area (Å²) >= 11 is 0. The molecule has 8 aromatic rings. The molecule has 0 radical (unpaired) electrons. The van der Waals surface area contributed by atoms with Crippen molar-refractivity contribution < 1.29 is 26.3 Å². The van der Waals surface area contributed by atoms with E-state index in [2.05, 4.69) is 11.1 Å². The fraction of sp³-hybridized carbons (Fsp3) is 0.0526. The number of hydrogen-bond donors (Lipinski definition) is 0. The van der Waals surface area contributed by atoms with Crippen molar-refractivity contribution in [2.24, 2.45) is 0 Å². The molecule has 10 heteroatoms. The number of fused-ring (bicyclic) bond motifs is 6. The molecule has 0 aliphatic carbocycles. The Kier molecular flexibility index (Phi) is 6.40. The minimum Gasteiger partial charge on any atom is -0.309 e. The minimum atomic E-state index is -4.55. The van der Waals surface area contributed by atoms with Crippen LogP contribution in [0, 0.1) is 11.3 Å². The number of rotatable bonds is 3. The van der Waals surface area contributed by atoms with Crippen LogP contribution in [0.25, 0.3) is 66.1 Å². The molecule has 3 aromatic heterocycles. The maximum absolute atomic E-state index is 13.8. The van der Waals surface area contributed by atoms with Gasteiger partial charge in [0.1, 0.15) is 6.07 Å². The van der Waals surface area contributed by atoms with Crippen LogP contribution in [0.1, 0.15) is 16.7 Å². The lowest BCUT2D eigenvalue weighted by Gasteiger charge is -2.19. The zero-order chi connectivity index (χ0) is 33.4. The lowest BCUT2D eigenvalue weighted by Crippen LogP contribution is -2.06. The monoisotopic (exact) mass is 646 g/mol. The summed E-state index contributed by atoms with van der Waals surface area (Å²) in [5, 5.41) is 12.5. The van der Waals surface area contributed by atoms with Crippen molar-refractivity contribution in [2.45, 2.75) is 12.4 Å². The predicted molar refractivity (Wildman–Crippen MR) is 173 cm³/mol.